The maximum atomic E-state index is 14.9. The molecule has 11 heteroatoms. The first kappa shape index (κ1) is 26.5. The Balaban J connectivity index is 1.82. The fourth-order valence-corrected chi connectivity index (χ4v) is 5.14. The molecule has 1 amide bonds. The van der Waals surface area contributed by atoms with Gasteiger partial charge in [0, 0.05) is 41.1 Å². The van der Waals surface area contributed by atoms with Crippen molar-refractivity contribution < 1.29 is 26.0 Å². The molecule has 37 heavy (non-hydrogen) atoms. The minimum Gasteiger partial charge on any atom is -0.322 e. The highest BCUT2D eigenvalue weighted by atomic mass is 35.5. The van der Waals surface area contributed by atoms with Gasteiger partial charge in [0.05, 0.1) is 20.5 Å². The largest absolute Gasteiger partial charge is 0.322 e. The molecule has 0 unspecified atom stereocenters. The van der Waals surface area contributed by atoms with Crippen LogP contribution in [0.5, 0.6) is 0 Å². The van der Waals surface area contributed by atoms with E-state index in [2.05, 4.69) is 10.3 Å². The summed E-state index contributed by atoms with van der Waals surface area (Å²) >= 11 is 6.32. The molecule has 0 spiro atoms. The van der Waals surface area contributed by atoms with E-state index in [1.165, 1.54) is 12.1 Å². The summed E-state index contributed by atoms with van der Waals surface area (Å²) in [6, 6.07) is 16.8. The fraction of sp³-hybridized carbons (Fsp3) is 0.0769. The first-order valence-electron chi connectivity index (χ1n) is 10.7. The number of hydrogen-bond donors (Lipinski definition) is 1. The first-order chi connectivity index (χ1) is 17.3. The summed E-state index contributed by atoms with van der Waals surface area (Å²) < 4.78 is 63.5. The second-order valence-corrected chi connectivity index (χ2v) is 12.7. The lowest BCUT2D eigenvalue weighted by molar-refractivity contribution is 0.102. The number of amides is 1. The molecule has 4 aromatic rings. The van der Waals surface area contributed by atoms with Gasteiger partial charge < -0.3 is 5.32 Å². The third-order valence-electron chi connectivity index (χ3n) is 5.49. The number of rotatable bonds is 6. The van der Waals surface area contributed by atoms with Crippen LogP contribution in [0.2, 0.25) is 5.02 Å². The van der Waals surface area contributed by atoms with Crippen molar-refractivity contribution in [2.24, 2.45) is 0 Å². The maximum absolute atomic E-state index is 14.9. The second kappa shape index (κ2) is 10.0. The van der Waals surface area contributed by atoms with Crippen molar-refractivity contribution >= 4 is 42.9 Å². The number of nitrogens with one attached hydrogen (secondary N) is 1. The molecule has 0 aliphatic rings. The van der Waals surface area contributed by atoms with E-state index >= 15 is 0 Å². The van der Waals surface area contributed by atoms with Gasteiger partial charge in [0.15, 0.2) is 19.7 Å². The van der Waals surface area contributed by atoms with Gasteiger partial charge in [0.25, 0.3) is 5.91 Å². The first-order valence-corrected chi connectivity index (χ1v) is 14.9. The Labute approximate surface area is 218 Å². The minimum absolute atomic E-state index is 0.0636. The van der Waals surface area contributed by atoms with Crippen LogP contribution in [0.3, 0.4) is 0 Å². The quantitative estimate of drug-likeness (QED) is 0.323. The Morgan fingerprint density at radius 2 is 1.46 bits per heavy atom. The summed E-state index contributed by atoms with van der Waals surface area (Å²) in [6.45, 7) is 0. The summed E-state index contributed by atoms with van der Waals surface area (Å²) in [5.41, 5.74) is 1.14. The Hall–Kier alpha value is -3.60. The number of anilines is 1. The van der Waals surface area contributed by atoms with Crippen LogP contribution in [0.4, 0.5) is 10.1 Å². The van der Waals surface area contributed by atoms with Gasteiger partial charge >= 0.3 is 0 Å². The van der Waals surface area contributed by atoms with Crippen molar-refractivity contribution in [2.45, 2.75) is 9.79 Å². The molecular weight excluding hydrogens is 539 g/mol. The van der Waals surface area contributed by atoms with E-state index in [1.807, 2.05) is 0 Å². The monoisotopic (exact) mass is 558 g/mol. The average molecular weight is 559 g/mol. The minimum atomic E-state index is -3.72. The van der Waals surface area contributed by atoms with Crippen LogP contribution in [-0.4, -0.2) is 40.2 Å². The standard InChI is InChI=1S/C26H20ClFN2O5S2/c1-36(32,33)17-7-9-19(20(14-17)21-15-18(37(2,34)35)8-11-24(21)28)26(31)30-16-6-10-23(27)22(13-16)25-5-3-4-12-29-25/h3-15H,1-2H3,(H,30,31). The van der Waals surface area contributed by atoms with E-state index in [0.29, 0.717) is 22.0 Å². The summed E-state index contributed by atoms with van der Waals surface area (Å²) in [6.07, 6.45) is 3.54. The van der Waals surface area contributed by atoms with Gasteiger partial charge in [-0.25, -0.2) is 21.2 Å². The van der Waals surface area contributed by atoms with Gasteiger partial charge in [-0.15, -0.1) is 0 Å². The molecule has 0 radical (unpaired) electrons. The Morgan fingerprint density at radius 1 is 0.811 bits per heavy atom. The van der Waals surface area contributed by atoms with E-state index in [4.69, 9.17) is 11.6 Å². The van der Waals surface area contributed by atoms with Gasteiger partial charge in [-0.2, -0.15) is 0 Å². The van der Waals surface area contributed by atoms with Crippen molar-refractivity contribution in [1.29, 1.82) is 0 Å². The normalized spacial score (nSPS) is 11.8. The molecule has 0 saturated carbocycles. The van der Waals surface area contributed by atoms with Gasteiger partial charge in [0.1, 0.15) is 5.82 Å². The zero-order valence-corrected chi connectivity index (χ0v) is 22.0. The average Bonchev–Trinajstić information content (AvgIpc) is 2.84. The molecule has 7 nitrogen and oxygen atoms in total. The number of aromatic nitrogens is 1. The van der Waals surface area contributed by atoms with Gasteiger partial charge in [0.2, 0.25) is 0 Å². The predicted octanol–water partition coefficient (Wildman–Crippen LogP) is 5.27. The van der Waals surface area contributed by atoms with Crippen molar-refractivity contribution in [3.8, 4) is 22.4 Å². The smallest absolute Gasteiger partial charge is 0.256 e. The van der Waals surface area contributed by atoms with Gasteiger partial charge in [-0.1, -0.05) is 17.7 Å². The molecule has 3 aromatic carbocycles. The molecule has 0 atom stereocenters. The number of pyridine rings is 1. The zero-order chi connectivity index (χ0) is 27.0. The number of hydrogen-bond acceptors (Lipinski definition) is 6. The second-order valence-electron chi connectivity index (χ2n) is 8.26. The Morgan fingerprint density at radius 3 is 2.08 bits per heavy atom. The van der Waals surface area contributed by atoms with Crippen LogP contribution in [-0.2, 0) is 19.7 Å². The van der Waals surface area contributed by atoms with Crippen molar-refractivity contribution in [3.63, 3.8) is 0 Å². The lowest BCUT2D eigenvalue weighted by Crippen LogP contribution is -2.14. The van der Waals surface area contributed by atoms with E-state index in [9.17, 15) is 26.0 Å². The molecule has 4 rings (SSSR count). The van der Waals surface area contributed by atoms with Crippen LogP contribution in [0, 0.1) is 5.82 Å². The predicted molar refractivity (Wildman–Crippen MR) is 141 cm³/mol. The third kappa shape index (κ3) is 5.87. The van der Waals surface area contributed by atoms with E-state index < -0.39 is 31.4 Å². The molecule has 0 saturated heterocycles. The number of sulfone groups is 2. The van der Waals surface area contributed by atoms with Gasteiger partial charge in [-0.3, -0.25) is 9.78 Å². The molecule has 1 aromatic heterocycles. The molecule has 1 N–H and O–H groups in total. The molecule has 190 valence electrons. The molecular formula is C26H20ClFN2O5S2. The van der Waals surface area contributed by atoms with E-state index in [1.54, 1.807) is 42.6 Å². The van der Waals surface area contributed by atoms with Crippen molar-refractivity contribution in [3.05, 3.63) is 95.4 Å². The number of carbonyl (C=O) groups is 1. The molecule has 0 aliphatic carbocycles. The fourth-order valence-electron chi connectivity index (χ4n) is 3.64. The number of carbonyl (C=O) groups excluding carboxylic acids is 1. The molecule has 0 bridgehead atoms. The zero-order valence-electron chi connectivity index (χ0n) is 19.6. The third-order valence-corrected chi connectivity index (χ3v) is 8.04. The van der Waals surface area contributed by atoms with Gasteiger partial charge in [-0.05, 0) is 72.3 Å². The van der Waals surface area contributed by atoms with Crippen molar-refractivity contribution in [2.75, 3.05) is 17.8 Å². The summed E-state index contributed by atoms with van der Waals surface area (Å²) in [5, 5.41) is 3.12. The van der Waals surface area contributed by atoms with Crippen LogP contribution >= 0.6 is 11.6 Å². The van der Waals surface area contributed by atoms with Crippen LogP contribution in [0.1, 0.15) is 10.4 Å². The molecule has 0 fully saturated rings. The number of nitrogens with zero attached hydrogens (tertiary/aromatic N) is 1. The highest BCUT2D eigenvalue weighted by Crippen LogP contribution is 2.33. The van der Waals surface area contributed by atoms with Crippen LogP contribution in [0.15, 0.2) is 88.8 Å². The SMILES string of the molecule is CS(=O)(=O)c1ccc(F)c(-c2cc(S(C)(=O)=O)ccc2C(=O)Nc2ccc(Cl)c(-c3ccccn3)c2)c1. The van der Waals surface area contributed by atoms with Crippen molar-refractivity contribution in [1.82, 2.24) is 4.98 Å². The highest BCUT2D eigenvalue weighted by Gasteiger charge is 2.21. The summed E-state index contributed by atoms with van der Waals surface area (Å²) in [5.74, 6) is -1.50. The number of benzene rings is 3. The van der Waals surface area contributed by atoms with E-state index in [0.717, 1.165) is 36.8 Å². The molecule has 0 aliphatic heterocycles. The highest BCUT2D eigenvalue weighted by molar-refractivity contribution is 7.91. The topological polar surface area (TPSA) is 110 Å². The lowest BCUT2D eigenvalue weighted by Gasteiger charge is -2.14. The van der Waals surface area contributed by atoms with Crippen LogP contribution in [0.25, 0.3) is 22.4 Å². The Bertz CT molecular complexity index is 1740. The van der Waals surface area contributed by atoms with Crippen LogP contribution < -0.4 is 5.32 Å². The maximum Gasteiger partial charge on any atom is 0.256 e. The number of halogens is 2. The summed E-state index contributed by atoms with van der Waals surface area (Å²) in [4.78, 5) is 17.3. The molecule has 1 heterocycles. The Kier molecular flexibility index (Phi) is 7.18. The lowest BCUT2D eigenvalue weighted by atomic mass is 9.98. The summed E-state index contributed by atoms with van der Waals surface area (Å²) in [7, 11) is -7.43. The van der Waals surface area contributed by atoms with E-state index in [-0.39, 0.29) is 26.5 Å².